The number of hydrogen-bond donors (Lipinski definition) is 1. The molecule has 1 aliphatic rings. The Hall–Kier alpha value is -2.73. The van der Waals surface area contributed by atoms with Crippen LogP contribution in [0, 0.1) is 0 Å². The number of rotatable bonds is 3. The van der Waals surface area contributed by atoms with E-state index in [1.807, 2.05) is 13.1 Å². The molecule has 0 fully saturated rings. The van der Waals surface area contributed by atoms with E-state index in [9.17, 15) is 0 Å². The first-order chi connectivity index (χ1) is 13.2. The number of thiazole rings is 1. The summed E-state index contributed by atoms with van der Waals surface area (Å²) < 4.78 is 9.03. The number of benzene rings is 2. The van der Waals surface area contributed by atoms with Gasteiger partial charge in [-0.05, 0) is 36.4 Å². The van der Waals surface area contributed by atoms with E-state index in [1.54, 1.807) is 18.4 Å². The molecule has 2 aromatic heterocycles. The summed E-state index contributed by atoms with van der Waals surface area (Å²) >= 11 is 1.70. The molecular weight excluding hydrogens is 356 g/mol. The van der Waals surface area contributed by atoms with Crippen LogP contribution in [0.5, 0.6) is 5.75 Å². The molecule has 27 heavy (non-hydrogen) atoms. The molecule has 3 heterocycles. The van der Waals surface area contributed by atoms with Gasteiger partial charge in [0.15, 0.2) is 5.13 Å². The predicted molar refractivity (Wildman–Crippen MR) is 113 cm³/mol. The average Bonchev–Trinajstić information content (AvgIpc) is 3.26. The first-order valence-corrected chi connectivity index (χ1v) is 9.97. The van der Waals surface area contributed by atoms with Gasteiger partial charge < -0.3 is 19.5 Å². The monoisotopic (exact) mass is 378 g/mol. The van der Waals surface area contributed by atoms with E-state index in [4.69, 9.17) is 4.74 Å². The molecule has 4 aromatic rings. The van der Waals surface area contributed by atoms with Gasteiger partial charge in [0, 0.05) is 61.5 Å². The van der Waals surface area contributed by atoms with Crippen molar-refractivity contribution >= 4 is 43.3 Å². The second kappa shape index (κ2) is 6.16. The Morgan fingerprint density at radius 1 is 1.19 bits per heavy atom. The van der Waals surface area contributed by atoms with Gasteiger partial charge >= 0.3 is 0 Å². The van der Waals surface area contributed by atoms with E-state index in [2.05, 4.69) is 57.1 Å². The van der Waals surface area contributed by atoms with Crippen LogP contribution >= 0.6 is 11.3 Å². The average molecular weight is 379 g/mol. The molecule has 5 rings (SSSR count). The summed E-state index contributed by atoms with van der Waals surface area (Å²) in [6.07, 6.45) is 1.05. The van der Waals surface area contributed by atoms with Crippen LogP contribution in [0.1, 0.15) is 11.3 Å². The van der Waals surface area contributed by atoms with Gasteiger partial charge in [-0.1, -0.05) is 11.3 Å². The van der Waals surface area contributed by atoms with Crippen molar-refractivity contribution < 1.29 is 4.74 Å². The topological polar surface area (TPSA) is 42.3 Å². The zero-order valence-electron chi connectivity index (χ0n) is 15.7. The molecule has 0 spiro atoms. The van der Waals surface area contributed by atoms with E-state index >= 15 is 0 Å². The number of nitrogens with one attached hydrogen (secondary N) is 1. The van der Waals surface area contributed by atoms with E-state index in [-0.39, 0.29) is 0 Å². The van der Waals surface area contributed by atoms with Crippen molar-refractivity contribution in [3.8, 4) is 5.75 Å². The predicted octanol–water partition coefficient (Wildman–Crippen LogP) is 4.40. The summed E-state index contributed by atoms with van der Waals surface area (Å²) in [6.45, 7) is 1.94. The zero-order valence-corrected chi connectivity index (χ0v) is 16.6. The molecule has 0 radical (unpaired) electrons. The minimum atomic E-state index is 0.915. The Morgan fingerprint density at radius 2 is 2.07 bits per heavy atom. The number of anilines is 2. The van der Waals surface area contributed by atoms with Crippen molar-refractivity contribution in [1.29, 1.82) is 0 Å². The van der Waals surface area contributed by atoms with E-state index in [1.165, 1.54) is 32.5 Å². The Morgan fingerprint density at radius 3 is 2.89 bits per heavy atom. The van der Waals surface area contributed by atoms with Crippen LogP contribution in [0.25, 0.3) is 21.1 Å². The smallest absolute Gasteiger partial charge is 0.183 e. The number of nitrogens with zero attached hydrogens (tertiary/aromatic N) is 3. The number of fused-ring (bicyclic) bond motifs is 4. The van der Waals surface area contributed by atoms with Crippen LogP contribution < -0.4 is 15.0 Å². The van der Waals surface area contributed by atoms with Crippen molar-refractivity contribution in [2.45, 2.75) is 13.0 Å². The fourth-order valence-electron chi connectivity index (χ4n) is 4.12. The molecule has 1 aliphatic heterocycles. The standard InChI is InChI=1S/C21H22N4OS/c1-22-21-23-17-6-4-13(10-20(17)27-21)25-9-8-19-16(12-25)15-11-14(26-3)5-7-18(15)24(19)2/h4-7,10-11H,8-9,12H2,1-3H3,(H,22,23). The lowest BCUT2D eigenvalue weighted by Crippen LogP contribution is -2.30. The third-order valence-electron chi connectivity index (χ3n) is 5.56. The molecule has 0 saturated heterocycles. The summed E-state index contributed by atoms with van der Waals surface area (Å²) in [5, 5.41) is 5.40. The lowest BCUT2D eigenvalue weighted by molar-refractivity contribution is 0.415. The Balaban J connectivity index is 1.56. The van der Waals surface area contributed by atoms with Crippen LogP contribution in [0.3, 0.4) is 0 Å². The number of hydrogen-bond acceptors (Lipinski definition) is 5. The van der Waals surface area contributed by atoms with Crippen molar-refractivity contribution in [2.24, 2.45) is 7.05 Å². The highest BCUT2D eigenvalue weighted by Gasteiger charge is 2.23. The van der Waals surface area contributed by atoms with Crippen LogP contribution in [0.2, 0.25) is 0 Å². The number of aromatic nitrogens is 2. The maximum Gasteiger partial charge on any atom is 0.183 e. The van der Waals surface area contributed by atoms with Gasteiger partial charge in [0.1, 0.15) is 5.75 Å². The SMILES string of the molecule is CNc1nc2ccc(N3CCc4c(c5cc(OC)ccc5n4C)C3)cc2s1. The van der Waals surface area contributed by atoms with Gasteiger partial charge in [-0.3, -0.25) is 0 Å². The van der Waals surface area contributed by atoms with Crippen molar-refractivity contribution in [3.63, 3.8) is 0 Å². The lowest BCUT2D eigenvalue weighted by atomic mass is 10.0. The maximum atomic E-state index is 5.46. The molecule has 138 valence electrons. The van der Waals surface area contributed by atoms with Gasteiger partial charge in [-0.15, -0.1) is 0 Å². The second-order valence-electron chi connectivity index (χ2n) is 6.96. The molecule has 0 aliphatic carbocycles. The van der Waals surface area contributed by atoms with E-state index in [0.717, 1.165) is 35.9 Å². The van der Waals surface area contributed by atoms with Gasteiger partial charge in [0.05, 0.1) is 17.3 Å². The summed E-state index contributed by atoms with van der Waals surface area (Å²) in [7, 11) is 5.82. The largest absolute Gasteiger partial charge is 0.497 e. The first-order valence-electron chi connectivity index (χ1n) is 9.15. The van der Waals surface area contributed by atoms with Crippen molar-refractivity contribution in [3.05, 3.63) is 47.7 Å². The Bertz CT molecular complexity index is 1160. The summed E-state index contributed by atoms with van der Waals surface area (Å²) in [4.78, 5) is 7.06. The number of ether oxygens (including phenoxy) is 1. The highest BCUT2D eigenvalue weighted by atomic mass is 32.1. The Kier molecular flexibility index (Phi) is 3.75. The van der Waals surface area contributed by atoms with Crippen LogP contribution in [-0.4, -0.2) is 30.3 Å². The highest BCUT2D eigenvalue weighted by Crippen LogP contribution is 2.36. The molecule has 0 atom stereocenters. The molecule has 5 nitrogen and oxygen atoms in total. The van der Waals surface area contributed by atoms with Gasteiger partial charge in [0.2, 0.25) is 0 Å². The molecule has 0 saturated carbocycles. The van der Waals surface area contributed by atoms with Crippen LogP contribution in [0.4, 0.5) is 10.8 Å². The normalized spacial score (nSPS) is 14.0. The molecule has 6 heteroatoms. The second-order valence-corrected chi connectivity index (χ2v) is 7.99. The lowest BCUT2D eigenvalue weighted by Gasteiger charge is -2.30. The van der Waals surface area contributed by atoms with Crippen molar-refractivity contribution in [2.75, 3.05) is 30.9 Å². The van der Waals surface area contributed by atoms with E-state index < -0.39 is 0 Å². The fraction of sp³-hybridized carbons (Fsp3) is 0.286. The molecule has 1 N–H and O–H groups in total. The number of methoxy groups -OCH3 is 1. The Labute approximate surface area is 162 Å². The molecule has 0 bridgehead atoms. The minimum absolute atomic E-state index is 0.915. The third-order valence-corrected chi connectivity index (χ3v) is 6.60. The highest BCUT2D eigenvalue weighted by molar-refractivity contribution is 7.22. The quantitative estimate of drug-likeness (QED) is 0.574. The summed E-state index contributed by atoms with van der Waals surface area (Å²) in [6, 6.07) is 13.0. The maximum absolute atomic E-state index is 5.46. The van der Waals surface area contributed by atoms with Crippen LogP contribution in [0.15, 0.2) is 36.4 Å². The van der Waals surface area contributed by atoms with Gasteiger partial charge in [-0.2, -0.15) is 0 Å². The molecular formula is C21H22N4OS. The summed E-state index contributed by atoms with van der Waals surface area (Å²) in [5.41, 5.74) is 6.45. The number of aryl methyl sites for hydroxylation is 1. The van der Waals surface area contributed by atoms with Gasteiger partial charge in [-0.25, -0.2) is 4.98 Å². The minimum Gasteiger partial charge on any atom is -0.497 e. The first kappa shape index (κ1) is 16.4. The molecule has 0 unspecified atom stereocenters. The molecule has 0 amide bonds. The van der Waals surface area contributed by atoms with E-state index in [0.29, 0.717) is 0 Å². The zero-order chi connectivity index (χ0) is 18.5. The fourth-order valence-corrected chi connectivity index (χ4v) is 4.98. The molecule has 2 aromatic carbocycles. The third kappa shape index (κ3) is 2.55. The summed E-state index contributed by atoms with van der Waals surface area (Å²) in [5.74, 6) is 0.915. The van der Waals surface area contributed by atoms with Crippen LogP contribution in [-0.2, 0) is 20.0 Å². The van der Waals surface area contributed by atoms with Crippen molar-refractivity contribution in [1.82, 2.24) is 9.55 Å². The van der Waals surface area contributed by atoms with Gasteiger partial charge in [0.25, 0.3) is 0 Å².